The quantitative estimate of drug-likeness (QED) is 0.738. The van der Waals surface area contributed by atoms with Gasteiger partial charge in [-0.2, -0.15) is 0 Å². The van der Waals surface area contributed by atoms with E-state index in [2.05, 4.69) is 5.16 Å². The van der Waals surface area contributed by atoms with Crippen molar-refractivity contribution >= 4 is 21.0 Å². The van der Waals surface area contributed by atoms with Crippen LogP contribution < -0.4 is 0 Å². The van der Waals surface area contributed by atoms with Gasteiger partial charge in [0.05, 0.1) is 4.58 Å². The smallest absolute Gasteiger partial charge is 0.293 e. The van der Waals surface area contributed by atoms with Gasteiger partial charge in [0.1, 0.15) is 11.4 Å². The Hall–Kier alpha value is -1.76. The highest BCUT2D eigenvalue weighted by Gasteiger charge is 2.17. The van der Waals surface area contributed by atoms with E-state index in [1.807, 2.05) is 4.58 Å². The van der Waals surface area contributed by atoms with Crippen molar-refractivity contribution in [1.29, 1.82) is 0 Å². The predicted molar refractivity (Wildman–Crippen MR) is 52.4 cm³/mol. The molecule has 0 spiro atoms. The molecule has 0 amide bonds. The molecule has 15 heavy (non-hydrogen) atoms. The summed E-state index contributed by atoms with van der Waals surface area (Å²) >= 11 is 0. The molecular weight excluding hydrogens is 220 g/mol. The Labute approximate surface area is 84.9 Å². The van der Waals surface area contributed by atoms with Crippen LogP contribution in [0.4, 0.5) is 0 Å². The minimum Gasteiger partial charge on any atom is -0.356 e. The van der Waals surface area contributed by atoms with E-state index >= 15 is 0 Å². The minimum absolute atomic E-state index is 0.199. The normalized spacial score (nSPS) is 11.7. The van der Waals surface area contributed by atoms with Crippen LogP contribution in [-0.4, -0.2) is 13.6 Å². The van der Waals surface area contributed by atoms with Crippen molar-refractivity contribution in [2.45, 2.75) is 5.75 Å². The lowest BCUT2D eigenvalue weighted by atomic mass is 10.2. The molecule has 0 aliphatic heterocycles. The molecule has 0 atom stereocenters. The van der Waals surface area contributed by atoms with E-state index in [1.54, 1.807) is 24.3 Å². The second-order valence-corrected chi connectivity index (χ2v) is 4.53. The maximum Gasteiger partial charge on any atom is 0.293 e. The maximum absolute atomic E-state index is 10.9. The van der Waals surface area contributed by atoms with E-state index in [9.17, 15) is 13.3 Å². The third kappa shape index (κ3) is 1.86. The van der Waals surface area contributed by atoms with Gasteiger partial charge in [-0.1, -0.05) is 17.3 Å². The van der Waals surface area contributed by atoms with Crippen molar-refractivity contribution in [3.05, 3.63) is 34.9 Å². The van der Waals surface area contributed by atoms with E-state index in [-0.39, 0.29) is 5.69 Å². The molecule has 1 aromatic heterocycles. The van der Waals surface area contributed by atoms with E-state index in [4.69, 9.17) is 4.52 Å². The summed E-state index contributed by atoms with van der Waals surface area (Å²) in [6.45, 7) is 0. The predicted octanol–water partition coefficient (Wildman–Crippen LogP) is 1.42. The molecular formula is C8H6N2O4S. The number of nitroso groups, excluding NO2 is 1. The zero-order chi connectivity index (χ0) is 10.9. The van der Waals surface area contributed by atoms with Crippen LogP contribution >= 0.6 is 0 Å². The number of sulfonamides is 1. The van der Waals surface area contributed by atoms with Gasteiger partial charge in [0, 0.05) is 5.39 Å². The summed E-state index contributed by atoms with van der Waals surface area (Å²) in [6.07, 6.45) is 0. The van der Waals surface area contributed by atoms with Crippen molar-refractivity contribution in [3.63, 3.8) is 0 Å². The molecule has 0 aliphatic carbocycles. The highest BCUT2D eigenvalue weighted by Crippen LogP contribution is 2.19. The monoisotopic (exact) mass is 226 g/mol. The third-order valence-corrected chi connectivity index (χ3v) is 2.75. The molecule has 0 fully saturated rings. The summed E-state index contributed by atoms with van der Waals surface area (Å²) in [5.41, 5.74) is 0.679. The van der Waals surface area contributed by atoms with Gasteiger partial charge >= 0.3 is 0 Å². The molecule has 0 aliphatic rings. The van der Waals surface area contributed by atoms with Crippen molar-refractivity contribution in [2.75, 3.05) is 0 Å². The average molecular weight is 226 g/mol. The van der Waals surface area contributed by atoms with Crippen LogP contribution in [-0.2, 0) is 15.8 Å². The molecule has 1 aromatic carbocycles. The van der Waals surface area contributed by atoms with Crippen molar-refractivity contribution in [2.24, 2.45) is 4.58 Å². The van der Waals surface area contributed by atoms with Gasteiger partial charge < -0.3 is 4.52 Å². The molecule has 0 radical (unpaired) electrons. The van der Waals surface area contributed by atoms with Gasteiger partial charge in [-0.05, 0) is 12.1 Å². The Morgan fingerprint density at radius 1 is 1.33 bits per heavy atom. The number of benzene rings is 1. The fraction of sp³-hybridized carbons (Fsp3) is 0.125. The van der Waals surface area contributed by atoms with Gasteiger partial charge in [-0.15, -0.1) is 4.91 Å². The Morgan fingerprint density at radius 3 is 2.80 bits per heavy atom. The number of hydrogen-bond donors (Lipinski definition) is 0. The lowest BCUT2D eigenvalue weighted by Crippen LogP contribution is -1.99. The van der Waals surface area contributed by atoms with Crippen molar-refractivity contribution in [3.8, 4) is 0 Å². The van der Waals surface area contributed by atoms with E-state index < -0.39 is 15.8 Å². The summed E-state index contributed by atoms with van der Waals surface area (Å²) in [7, 11) is -3.99. The van der Waals surface area contributed by atoms with Crippen LogP contribution in [0.2, 0.25) is 0 Å². The summed E-state index contributed by atoms with van der Waals surface area (Å²) in [4.78, 5) is 9.99. The second kappa shape index (κ2) is 3.43. The van der Waals surface area contributed by atoms with E-state index in [0.717, 1.165) is 0 Å². The van der Waals surface area contributed by atoms with Crippen molar-refractivity contribution < 1.29 is 12.9 Å². The molecule has 0 unspecified atom stereocenters. The largest absolute Gasteiger partial charge is 0.356 e. The zero-order valence-corrected chi connectivity index (χ0v) is 8.27. The van der Waals surface area contributed by atoms with Crippen LogP contribution in [0.25, 0.3) is 11.0 Å². The average Bonchev–Trinajstić information content (AvgIpc) is 2.62. The third-order valence-electron chi connectivity index (χ3n) is 1.88. The van der Waals surface area contributed by atoms with Gasteiger partial charge in [-0.25, -0.2) is 8.42 Å². The Kier molecular flexibility index (Phi) is 2.24. The maximum atomic E-state index is 10.9. The van der Waals surface area contributed by atoms with Gasteiger partial charge in [0.15, 0.2) is 5.58 Å². The van der Waals surface area contributed by atoms with Crippen molar-refractivity contribution in [1.82, 2.24) is 5.16 Å². The lowest BCUT2D eigenvalue weighted by molar-refractivity contribution is 0.448. The molecule has 2 aromatic rings. The zero-order valence-electron chi connectivity index (χ0n) is 7.45. The second-order valence-electron chi connectivity index (χ2n) is 2.93. The first-order valence-electron chi connectivity index (χ1n) is 4.03. The number of rotatable bonds is 3. The summed E-state index contributed by atoms with van der Waals surface area (Å²) < 4.78 is 28.8. The topological polar surface area (TPSA) is 89.6 Å². The first-order chi connectivity index (χ1) is 7.12. The highest BCUT2D eigenvalue weighted by atomic mass is 32.2. The van der Waals surface area contributed by atoms with Gasteiger partial charge in [-0.3, -0.25) is 0 Å². The highest BCUT2D eigenvalue weighted by molar-refractivity contribution is 7.89. The van der Waals surface area contributed by atoms with Crippen LogP contribution in [0.1, 0.15) is 5.69 Å². The Morgan fingerprint density at radius 2 is 2.07 bits per heavy atom. The number of aromatic nitrogens is 1. The first-order valence-corrected chi connectivity index (χ1v) is 5.64. The number of hydrogen-bond acceptors (Lipinski definition) is 5. The summed E-state index contributed by atoms with van der Waals surface area (Å²) in [6, 6.07) is 6.79. The van der Waals surface area contributed by atoms with Crippen LogP contribution in [0.5, 0.6) is 0 Å². The van der Waals surface area contributed by atoms with Gasteiger partial charge in [0.2, 0.25) is 0 Å². The minimum atomic E-state index is -3.99. The Balaban J connectivity index is 2.50. The molecule has 78 valence electrons. The molecule has 0 saturated carbocycles. The fourth-order valence-electron chi connectivity index (χ4n) is 1.24. The standard InChI is InChI=1S/C8H6N2O4S/c11-10-15(12,13)5-7-6-3-1-2-4-8(6)14-9-7/h1-4H,5H2. The SMILES string of the molecule is O=NS(=O)(=O)Cc1noc2ccccc12. The molecule has 7 heteroatoms. The molecule has 0 N–H and O–H groups in total. The first kappa shape index (κ1) is 9.78. The molecule has 0 saturated heterocycles. The molecule has 1 heterocycles. The molecule has 6 nitrogen and oxygen atoms in total. The summed E-state index contributed by atoms with van der Waals surface area (Å²) in [5, 5.41) is 4.15. The summed E-state index contributed by atoms with van der Waals surface area (Å²) in [5.74, 6) is -0.534. The Bertz CT molecular complexity index is 602. The number of para-hydroxylation sites is 1. The number of fused-ring (bicyclic) bond motifs is 1. The van der Waals surface area contributed by atoms with Crippen LogP contribution in [0.15, 0.2) is 33.4 Å². The molecule has 2 rings (SSSR count). The van der Waals surface area contributed by atoms with Crippen LogP contribution in [0.3, 0.4) is 0 Å². The fourth-order valence-corrected chi connectivity index (χ4v) is 1.85. The molecule has 0 bridgehead atoms. The lowest BCUT2D eigenvalue weighted by Gasteiger charge is -1.90. The van der Waals surface area contributed by atoms with E-state index in [0.29, 0.717) is 11.0 Å². The van der Waals surface area contributed by atoms with Crippen LogP contribution in [0, 0.1) is 4.91 Å². The van der Waals surface area contributed by atoms with E-state index in [1.165, 1.54) is 0 Å². The van der Waals surface area contributed by atoms with Gasteiger partial charge in [0.25, 0.3) is 10.0 Å². The number of nitrogens with zero attached hydrogens (tertiary/aromatic N) is 2.